The van der Waals surface area contributed by atoms with Gasteiger partial charge < -0.3 is 15.8 Å². The molecule has 0 saturated heterocycles. The van der Waals surface area contributed by atoms with Crippen molar-refractivity contribution < 1.29 is 4.74 Å². The van der Waals surface area contributed by atoms with E-state index in [2.05, 4.69) is 37.2 Å². The van der Waals surface area contributed by atoms with Crippen molar-refractivity contribution >= 4 is 22.0 Å². The number of nitrogens with zero attached hydrogens (tertiary/aromatic N) is 1. The number of benzene rings is 1. The van der Waals surface area contributed by atoms with Gasteiger partial charge >= 0.3 is 0 Å². The van der Waals surface area contributed by atoms with Gasteiger partial charge in [-0.25, -0.2) is 0 Å². The molecular formula is C23H35N3OS. The zero-order valence-corrected chi connectivity index (χ0v) is 18.7. The molecule has 2 rings (SSSR count). The lowest BCUT2D eigenvalue weighted by Gasteiger charge is -2.05. The molecule has 0 saturated carbocycles. The summed E-state index contributed by atoms with van der Waals surface area (Å²) >= 11 is 1.62. The van der Waals surface area contributed by atoms with Gasteiger partial charge in [0.1, 0.15) is 16.8 Å². The molecule has 154 valence electrons. The number of ether oxygens (including phenoxy) is 1. The Balaban J connectivity index is 0. The van der Waals surface area contributed by atoms with Crippen LogP contribution in [0.4, 0.5) is 10.7 Å². The van der Waals surface area contributed by atoms with Gasteiger partial charge in [-0.05, 0) is 56.6 Å². The molecule has 1 aromatic carbocycles. The van der Waals surface area contributed by atoms with Crippen molar-refractivity contribution in [2.45, 2.75) is 40.0 Å². The Morgan fingerprint density at radius 1 is 1.18 bits per heavy atom. The molecule has 4 nitrogen and oxygen atoms in total. The fraction of sp³-hybridized carbons (Fsp3) is 0.348. The summed E-state index contributed by atoms with van der Waals surface area (Å²) in [5, 5.41) is 13.4. The molecule has 28 heavy (non-hydrogen) atoms. The van der Waals surface area contributed by atoms with Gasteiger partial charge in [-0.3, -0.25) is 0 Å². The first-order chi connectivity index (χ1) is 13.7. The van der Waals surface area contributed by atoms with Crippen LogP contribution in [-0.2, 0) is 6.42 Å². The zero-order valence-electron chi connectivity index (χ0n) is 17.9. The monoisotopic (exact) mass is 401 g/mol. The van der Waals surface area contributed by atoms with E-state index in [-0.39, 0.29) is 0 Å². The number of nitriles is 1. The first-order valence-corrected chi connectivity index (χ1v) is 10.2. The number of nitrogens with one attached hydrogen (secondary N) is 1. The highest BCUT2D eigenvalue weighted by Crippen LogP contribution is 2.31. The van der Waals surface area contributed by atoms with E-state index in [1.54, 1.807) is 18.4 Å². The summed E-state index contributed by atoms with van der Waals surface area (Å²) in [6.07, 6.45) is 6.70. The highest BCUT2D eigenvalue weighted by molar-refractivity contribution is 7.16. The summed E-state index contributed by atoms with van der Waals surface area (Å²) in [5.41, 5.74) is 6.13. The molecule has 0 atom stereocenters. The maximum Gasteiger partial charge on any atom is 0.119 e. The fourth-order valence-corrected chi connectivity index (χ4v) is 2.83. The van der Waals surface area contributed by atoms with E-state index in [0.29, 0.717) is 5.56 Å². The lowest BCUT2D eigenvalue weighted by Crippen LogP contribution is -1.89. The molecule has 3 N–H and O–H groups in total. The second-order valence-electron chi connectivity index (χ2n) is 4.95. The Morgan fingerprint density at radius 2 is 1.75 bits per heavy atom. The molecule has 0 aliphatic heterocycles. The van der Waals surface area contributed by atoms with Gasteiger partial charge in [0.15, 0.2) is 0 Å². The van der Waals surface area contributed by atoms with Gasteiger partial charge in [0.2, 0.25) is 0 Å². The maximum absolute atomic E-state index is 9.19. The third-order valence-electron chi connectivity index (χ3n) is 3.13. The minimum atomic E-state index is 0.685. The van der Waals surface area contributed by atoms with E-state index in [4.69, 9.17) is 4.74 Å². The van der Waals surface area contributed by atoms with Crippen molar-refractivity contribution in [3.63, 3.8) is 0 Å². The number of aryl methyl sites for hydroxylation is 1. The van der Waals surface area contributed by atoms with Crippen LogP contribution < -0.4 is 15.8 Å². The van der Waals surface area contributed by atoms with E-state index < -0.39 is 0 Å². The molecule has 2 aromatic rings. The Morgan fingerprint density at radius 3 is 2.18 bits per heavy atom. The maximum atomic E-state index is 9.19. The average Bonchev–Trinajstić information content (AvgIpc) is 3.17. The summed E-state index contributed by atoms with van der Waals surface area (Å²) in [6, 6.07) is 11.8. The number of methoxy groups -OCH3 is 1. The van der Waals surface area contributed by atoms with Gasteiger partial charge in [0.25, 0.3) is 0 Å². The van der Waals surface area contributed by atoms with Crippen LogP contribution in [0.1, 0.15) is 44.1 Å². The second kappa shape index (κ2) is 19.2. The van der Waals surface area contributed by atoms with Crippen LogP contribution in [0, 0.1) is 11.3 Å². The Bertz CT molecular complexity index is 685. The number of hydrogen-bond donors (Lipinski definition) is 2. The number of nitrogens with two attached hydrogens (primary N) is 1. The van der Waals surface area contributed by atoms with Crippen molar-refractivity contribution in [3.8, 4) is 11.8 Å². The van der Waals surface area contributed by atoms with Crippen molar-refractivity contribution in [3.05, 3.63) is 66.1 Å². The predicted molar refractivity (Wildman–Crippen MR) is 126 cm³/mol. The molecular weight excluding hydrogens is 366 g/mol. The topological polar surface area (TPSA) is 71.1 Å². The van der Waals surface area contributed by atoms with E-state index >= 15 is 0 Å². The normalized spacial score (nSPS) is 8.32. The minimum Gasteiger partial charge on any atom is -0.497 e. The van der Waals surface area contributed by atoms with Crippen LogP contribution in [0.2, 0.25) is 0 Å². The smallest absolute Gasteiger partial charge is 0.119 e. The Kier molecular flexibility index (Phi) is 19.0. The third kappa shape index (κ3) is 11.2. The molecule has 0 aliphatic carbocycles. The van der Waals surface area contributed by atoms with Crippen LogP contribution in [-0.4, -0.2) is 14.2 Å². The summed E-state index contributed by atoms with van der Waals surface area (Å²) in [4.78, 5) is 1.19. The van der Waals surface area contributed by atoms with Crippen molar-refractivity contribution in [2.24, 2.45) is 5.73 Å². The van der Waals surface area contributed by atoms with E-state index in [0.717, 1.165) is 35.7 Å². The van der Waals surface area contributed by atoms with Crippen LogP contribution >= 0.6 is 11.3 Å². The molecule has 0 fully saturated rings. The first kappa shape index (κ1) is 27.7. The average molecular weight is 402 g/mol. The van der Waals surface area contributed by atoms with Crippen molar-refractivity contribution in [2.75, 3.05) is 19.5 Å². The highest BCUT2D eigenvalue weighted by atomic mass is 32.1. The van der Waals surface area contributed by atoms with Gasteiger partial charge in [-0.1, -0.05) is 32.9 Å². The van der Waals surface area contributed by atoms with Crippen LogP contribution in [0.15, 0.2) is 55.6 Å². The molecule has 0 radical (unpaired) electrons. The summed E-state index contributed by atoms with van der Waals surface area (Å²) < 4.78 is 5.13. The van der Waals surface area contributed by atoms with Crippen molar-refractivity contribution in [1.82, 2.24) is 0 Å². The minimum absolute atomic E-state index is 0.685. The molecule has 0 unspecified atom stereocenters. The summed E-state index contributed by atoms with van der Waals surface area (Å²) in [7, 11) is 3.14. The first-order valence-electron chi connectivity index (χ1n) is 9.41. The molecule has 1 heterocycles. The van der Waals surface area contributed by atoms with Crippen molar-refractivity contribution in [1.29, 1.82) is 5.26 Å². The van der Waals surface area contributed by atoms with Gasteiger partial charge in [-0.15, -0.1) is 24.5 Å². The Hall–Kier alpha value is -2.55. The quantitative estimate of drug-likeness (QED) is 0.508. The SMILES string of the molecule is C=CCC.C=CCCc1cc(C#N)c(Nc2ccc(OC)cc2)s1.CC.CN. The zero-order chi connectivity index (χ0) is 21.8. The van der Waals surface area contributed by atoms with E-state index in [1.165, 1.54) is 11.9 Å². The van der Waals surface area contributed by atoms with Gasteiger partial charge in [-0.2, -0.15) is 5.26 Å². The van der Waals surface area contributed by atoms with Gasteiger partial charge in [0, 0.05) is 10.6 Å². The molecule has 1 aromatic heterocycles. The molecule has 0 spiro atoms. The van der Waals surface area contributed by atoms with Crippen LogP contribution in [0.3, 0.4) is 0 Å². The number of allylic oxidation sites excluding steroid dienone is 2. The van der Waals surface area contributed by atoms with E-state index in [1.807, 2.05) is 56.3 Å². The third-order valence-corrected chi connectivity index (χ3v) is 4.25. The molecule has 0 amide bonds. The fourth-order valence-electron chi connectivity index (χ4n) is 1.79. The molecule has 0 aliphatic rings. The lowest BCUT2D eigenvalue weighted by molar-refractivity contribution is 0.415. The van der Waals surface area contributed by atoms with Crippen LogP contribution in [0.5, 0.6) is 5.75 Å². The molecule has 5 heteroatoms. The molecule has 0 bridgehead atoms. The summed E-state index contributed by atoms with van der Waals surface area (Å²) in [5.74, 6) is 0.814. The standard InChI is InChI=1S/C16H16N2OS.C4H8.C2H6.CH5N/c1-3-4-5-15-10-12(11-17)16(20-15)18-13-6-8-14(19-2)9-7-13;1-3-4-2;2*1-2/h3,6-10,18H,1,4-5H2,2H3;3H,1,4H2,2H3;1-2H3;2H2,1H3. The van der Waals surface area contributed by atoms with E-state index in [9.17, 15) is 5.26 Å². The van der Waals surface area contributed by atoms with Gasteiger partial charge in [0.05, 0.1) is 12.7 Å². The number of thiophene rings is 1. The second-order valence-corrected chi connectivity index (χ2v) is 6.08. The number of rotatable bonds is 7. The Labute approximate surface area is 175 Å². The van der Waals surface area contributed by atoms with Crippen LogP contribution in [0.25, 0.3) is 0 Å². The lowest BCUT2D eigenvalue weighted by atomic mass is 10.2. The number of hydrogen-bond acceptors (Lipinski definition) is 5. The predicted octanol–water partition coefficient (Wildman–Crippen LogP) is 6.67. The largest absolute Gasteiger partial charge is 0.497 e. The number of anilines is 2. The highest BCUT2D eigenvalue weighted by Gasteiger charge is 2.08. The summed E-state index contributed by atoms with van der Waals surface area (Å²) in [6.45, 7) is 13.3.